The van der Waals surface area contributed by atoms with E-state index in [1.165, 1.54) is 4.90 Å². The Morgan fingerprint density at radius 3 is 2.25 bits per heavy atom. The number of amides is 3. The first-order valence-electron chi connectivity index (χ1n) is 6.51. The Hall–Kier alpha value is -2.43. The molecule has 102 valence electrons. The van der Waals surface area contributed by atoms with Crippen molar-refractivity contribution < 1.29 is 14.4 Å². The van der Waals surface area contributed by atoms with Gasteiger partial charge in [-0.3, -0.25) is 19.3 Å². The molecule has 0 fully saturated rings. The molecule has 0 aliphatic carbocycles. The van der Waals surface area contributed by atoms with Crippen LogP contribution in [0.5, 0.6) is 0 Å². The Kier molecular flexibility index (Phi) is 2.89. The molecule has 0 spiro atoms. The largest absolute Gasteiger partial charge is 0.321 e. The molecule has 0 saturated heterocycles. The van der Waals surface area contributed by atoms with Crippen molar-refractivity contribution in [3.63, 3.8) is 0 Å². The molecule has 1 aromatic rings. The zero-order valence-electron chi connectivity index (χ0n) is 11.1. The first-order valence-corrected chi connectivity index (χ1v) is 6.51. The molecule has 0 bridgehead atoms. The quantitative estimate of drug-likeness (QED) is 0.725. The maximum Gasteiger partial charge on any atom is 0.262 e. The summed E-state index contributed by atoms with van der Waals surface area (Å²) in [6.45, 7) is 0. The zero-order valence-corrected chi connectivity index (χ0v) is 11.1. The molecule has 3 rings (SSSR count). The second kappa shape index (κ2) is 4.59. The van der Waals surface area contributed by atoms with Gasteiger partial charge in [-0.05, 0) is 25.0 Å². The highest BCUT2D eigenvalue weighted by molar-refractivity contribution is 6.22. The Balaban J connectivity index is 1.98. The second-order valence-electron chi connectivity index (χ2n) is 4.95. The lowest BCUT2D eigenvalue weighted by Crippen LogP contribution is -2.48. The van der Waals surface area contributed by atoms with Gasteiger partial charge in [-0.2, -0.15) is 0 Å². The first-order chi connectivity index (χ1) is 9.61. The van der Waals surface area contributed by atoms with Gasteiger partial charge in [0.2, 0.25) is 5.91 Å². The van der Waals surface area contributed by atoms with E-state index >= 15 is 0 Å². The van der Waals surface area contributed by atoms with Crippen molar-refractivity contribution in [1.82, 2.24) is 9.80 Å². The number of likely N-dealkylation sites (N-methyl/N-ethyl adjacent to an activating group) is 1. The zero-order chi connectivity index (χ0) is 14.3. The third-order valence-corrected chi connectivity index (χ3v) is 3.71. The van der Waals surface area contributed by atoms with E-state index in [4.69, 9.17) is 0 Å². The maximum atomic E-state index is 12.4. The van der Waals surface area contributed by atoms with Gasteiger partial charge in [0.1, 0.15) is 6.04 Å². The van der Waals surface area contributed by atoms with Crippen molar-refractivity contribution in [3.05, 3.63) is 47.7 Å². The summed E-state index contributed by atoms with van der Waals surface area (Å²) >= 11 is 0. The van der Waals surface area contributed by atoms with E-state index < -0.39 is 6.04 Å². The number of rotatable bonds is 1. The average molecular weight is 270 g/mol. The van der Waals surface area contributed by atoms with Crippen LogP contribution in [0.2, 0.25) is 0 Å². The van der Waals surface area contributed by atoms with Gasteiger partial charge >= 0.3 is 0 Å². The fourth-order valence-electron chi connectivity index (χ4n) is 2.65. The van der Waals surface area contributed by atoms with Crippen LogP contribution < -0.4 is 0 Å². The van der Waals surface area contributed by atoms with Gasteiger partial charge in [-0.25, -0.2) is 0 Å². The van der Waals surface area contributed by atoms with Gasteiger partial charge in [-0.1, -0.05) is 18.2 Å². The molecular formula is C15H14N2O3. The highest BCUT2D eigenvalue weighted by atomic mass is 16.2. The molecule has 0 saturated carbocycles. The molecule has 2 heterocycles. The Labute approximate surface area is 116 Å². The monoisotopic (exact) mass is 270 g/mol. The van der Waals surface area contributed by atoms with Crippen LogP contribution in [0.25, 0.3) is 0 Å². The van der Waals surface area contributed by atoms with Gasteiger partial charge in [0.05, 0.1) is 11.1 Å². The highest BCUT2D eigenvalue weighted by Crippen LogP contribution is 2.27. The summed E-state index contributed by atoms with van der Waals surface area (Å²) in [6.07, 6.45) is 4.68. The van der Waals surface area contributed by atoms with Crippen molar-refractivity contribution in [3.8, 4) is 0 Å². The molecule has 2 aliphatic heterocycles. The standard InChI is InChI=1S/C15H14N2O3/c1-16-9-5-4-8-12(15(16)20)17-13(18)10-6-2-3-7-11(10)14(17)19/h2-3,5-7,9,12H,4,8H2,1H3/t12-/m0/s1. The summed E-state index contributed by atoms with van der Waals surface area (Å²) in [5, 5.41) is 0. The van der Waals surface area contributed by atoms with E-state index in [9.17, 15) is 14.4 Å². The molecule has 1 atom stereocenters. The van der Waals surface area contributed by atoms with Gasteiger partial charge in [0.25, 0.3) is 11.8 Å². The molecule has 3 amide bonds. The lowest BCUT2D eigenvalue weighted by Gasteiger charge is -2.26. The summed E-state index contributed by atoms with van der Waals surface area (Å²) in [7, 11) is 1.63. The summed E-state index contributed by atoms with van der Waals surface area (Å²) in [6, 6.07) is 5.96. The van der Waals surface area contributed by atoms with Crippen molar-refractivity contribution in [1.29, 1.82) is 0 Å². The molecule has 0 unspecified atom stereocenters. The minimum Gasteiger partial charge on any atom is -0.321 e. The Morgan fingerprint density at radius 2 is 1.65 bits per heavy atom. The Morgan fingerprint density at radius 1 is 1.05 bits per heavy atom. The summed E-state index contributed by atoms with van der Waals surface area (Å²) < 4.78 is 0. The van der Waals surface area contributed by atoms with Crippen molar-refractivity contribution in [2.75, 3.05) is 7.05 Å². The molecule has 2 aliphatic rings. The third-order valence-electron chi connectivity index (χ3n) is 3.71. The minimum atomic E-state index is -0.720. The SMILES string of the molecule is CN1C=CCC[C@H](N2C(=O)c3ccccc3C2=O)C1=O. The average Bonchev–Trinajstić information content (AvgIpc) is 2.59. The summed E-state index contributed by atoms with van der Waals surface area (Å²) in [4.78, 5) is 39.6. The van der Waals surface area contributed by atoms with Crippen LogP contribution in [0, 0.1) is 0 Å². The smallest absolute Gasteiger partial charge is 0.262 e. The number of benzene rings is 1. The number of allylic oxidation sites excluding steroid dienone is 1. The molecular weight excluding hydrogens is 256 g/mol. The number of hydrogen-bond donors (Lipinski definition) is 0. The predicted molar refractivity (Wildman–Crippen MR) is 71.9 cm³/mol. The van der Waals surface area contributed by atoms with Crippen LogP contribution in [0.4, 0.5) is 0 Å². The van der Waals surface area contributed by atoms with Gasteiger partial charge < -0.3 is 4.90 Å². The van der Waals surface area contributed by atoms with Gasteiger partial charge in [-0.15, -0.1) is 0 Å². The predicted octanol–water partition coefficient (Wildman–Crippen LogP) is 1.42. The van der Waals surface area contributed by atoms with Crippen molar-refractivity contribution in [2.24, 2.45) is 0 Å². The number of nitrogens with zero attached hydrogens (tertiary/aromatic N) is 2. The summed E-state index contributed by atoms with van der Waals surface area (Å²) in [5.41, 5.74) is 0.760. The molecule has 1 aromatic carbocycles. The van der Waals surface area contributed by atoms with E-state index in [0.29, 0.717) is 24.0 Å². The molecule has 0 N–H and O–H groups in total. The van der Waals surface area contributed by atoms with Crippen molar-refractivity contribution in [2.45, 2.75) is 18.9 Å². The van der Waals surface area contributed by atoms with E-state index in [2.05, 4.69) is 0 Å². The minimum absolute atomic E-state index is 0.228. The number of fused-ring (bicyclic) bond motifs is 1. The van der Waals surface area contributed by atoms with Gasteiger partial charge in [0, 0.05) is 13.2 Å². The van der Waals surface area contributed by atoms with Crippen LogP contribution in [0.15, 0.2) is 36.5 Å². The third kappa shape index (κ3) is 1.74. The van der Waals surface area contributed by atoms with E-state index in [0.717, 1.165) is 4.90 Å². The van der Waals surface area contributed by atoms with E-state index in [-0.39, 0.29) is 17.7 Å². The molecule has 0 radical (unpaired) electrons. The van der Waals surface area contributed by atoms with Crippen molar-refractivity contribution >= 4 is 17.7 Å². The van der Waals surface area contributed by atoms with E-state index in [1.54, 1.807) is 37.5 Å². The first kappa shape index (κ1) is 12.6. The Bertz CT molecular complexity index is 601. The summed E-state index contributed by atoms with van der Waals surface area (Å²) in [5.74, 6) is -0.980. The van der Waals surface area contributed by atoms with Crippen LogP contribution in [0.1, 0.15) is 33.6 Å². The molecule has 0 aromatic heterocycles. The van der Waals surface area contributed by atoms with E-state index in [1.807, 2.05) is 6.08 Å². The van der Waals surface area contributed by atoms with Gasteiger partial charge in [0.15, 0.2) is 0 Å². The molecule has 5 heteroatoms. The van der Waals surface area contributed by atoms with Crippen LogP contribution >= 0.6 is 0 Å². The number of carbonyl (C=O) groups excluding carboxylic acids is 3. The van der Waals surface area contributed by atoms with Crippen LogP contribution in [-0.2, 0) is 4.79 Å². The lowest BCUT2D eigenvalue weighted by atomic mass is 10.1. The normalized spacial score (nSPS) is 22.2. The fraction of sp³-hybridized carbons (Fsp3) is 0.267. The number of hydrogen-bond acceptors (Lipinski definition) is 3. The van der Waals surface area contributed by atoms with Crippen LogP contribution in [0.3, 0.4) is 0 Å². The molecule has 20 heavy (non-hydrogen) atoms. The topological polar surface area (TPSA) is 57.7 Å². The fourth-order valence-corrected chi connectivity index (χ4v) is 2.65. The number of carbonyl (C=O) groups is 3. The molecule has 5 nitrogen and oxygen atoms in total. The number of imide groups is 1. The lowest BCUT2D eigenvalue weighted by molar-refractivity contribution is -0.131. The van der Waals surface area contributed by atoms with Crippen LogP contribution in [-0.4, -0.2) is 40.6 Å². The second-order valence-corrected chi connectivity index (χ2v) is 4.95. The highest BCUT2D eigenvalue weighted by Gasteiger charge is 2.43. The maximum absolute atomic E-state index is 12.4.